The van der Waals surface area contributed by atoms with Gasteiger partial charge in [-0.05, 0) is 17.7 Å². The summed E-state index contributed by atoms with van der Waals surface area (Å²) in [6.07, 6.45) is 0.307. The largest absolute Gasteiger partial charge is 0.467 e. The third-order valence-corrected chi connectivity index (χ3v) is 5.47. The molecule has 0 spiro atoms. The number of ether oxygens (including phenoxy) is 1. The zero-order valence-corrected chi connectivity index (χ0v) is 19.1. The number of rotatable bonds is 8. The number of nitrogens with one attached hydrogen (secondary N) is 2. The lowest BCUT2D eigenvalue weighted by atomic mass is 10.0. The van der Waals surface area contributed by atoms with Crippen molar-refractivity contribution < 1.29 is 14.3 Å². The van der Waals surface area contributed by atoms with Crippen molar-refractivity contribution in [2.24, 2.45) is 0 Å². The second-order valence-corrected chi connectivity index (χ2v) is 7.67. The number of aromatic nitrogens is 2. The normalized spacial score (nSPS) is 11.5. The van der Waals surface area contributed by atoms with Crippen LogP contribution in [0.1, 0.15) is 15.9 Å². The van der Waals surface area contributed by atoms with E-state index in [4.69, 9.17) is 9.84 Å². The number of benzene rings is 3. The van der Waals surface area contributed by atoms with Crippen LogP contribution in [0.2, 0.25) is 0 Å². The molecule has 0 fully saturated rings. The van der Waals surface area contributed by atoms with Crippen molar-refractivity contribution in [2.75, 3.05) is 19.5 Å². The molecule has 34 heavy (non-hydrogen) atoms. The SMILES string of the molecule is CNc1c(C(=O)NC(Cc2ccccc2)C(=O)OC)c(-c2ccccc2)nn1-c1ccccc1. The zero-order valence-electron chi connectivity index (χ0n) is 19.1. The van der Waals surface area contributed by atoms with Gasteiger partial charge in [-0.2, -0.15) is 5.10 Å². The van der Waals surface area contributed by atoms with Crippen LogP contribution in [0.4, 0.5) is 5.82 Å². The van der Waals surface area contributed by atoms with E-state index in [1.54, 1.807) is 11.7 Å². The van der Waals surface area contributed by atoms with Gasteiger partial charge in [-0.25, -0.2) is 9.48 Å². The maximum Gasteiger partial charge on any atom is 0.328 e. The van der Waals surface area contributed by atoms with Crippen molar-refractivity contribution in [3.63, 3.8) is 0 Å². The minimum absolute atomic E-state index is 0.307. The Morgan fingerprint density at radius 1 is 0.912 bits per heavy atom. The molecule has 0 saturated heterocycles. The van der Waals surface area contributed by atoms with Gasteiger partial charge in [-0.15, -0.1) is 0 Å². The maximum absolute atomic E-state index is 13.7. The quantitative estimate of drug-likeness (QED) is 0.392. The third kappa shape index (κ3) is 4.83. The van der Waals surface area contributed by atoms with Gasteiger partial charge in [0, 0.05) is 19.0 Å². The minimum Gasteiger partial charge on any atom is -0.467 e. The Hall–Kier alpha value is -4.39. The highest BCUT2D eigenvalue weighted by molar-refractivity contribution is 6.06. The Bertz CT molecular complexity index is 1260. The maximum atomic E-state index is 13.7. The second kappa shape index (κ2) is 10.5. The molecule has 172 valence electrons. The Morgan fingerprint density at radius 2 is 1.50 bits per heavy atom. The fourth-order valence-corrected chi connectivity index (χ4v) is 3.83. The topological polar surface area (TPSA) is 85.2 Å². The lowest BCUT2D eigenvalue weighted by Gasteiger charge is -2.17. The number of carbonyl (C=O) groups excluding carboxylic acids is 2. The Kier molecular flexibility index (Phi) is 7.03. The van der Waals surface area contributed by atoms with Crippen LogP contribution in [-0.4, -0.2) is 41.9 Å². The molecule has 1 atom stereocenters. The minimum atomic E-state index is -0.853. The number of hydrogen-bond donors (Lipinski definition) is 2. The monoisotopic (exact) mass is 454 g/mol. The summed E-state index contributed by atoms with van der Waals surface area (Å²) in [5.41, 5.74) is 3.36. The van der Waals surface area contributed by atoms with E-state index in [1.165, 1.54) is 7.11 Å². The number of para-hydroxylation sites is 1. The van der Waals surface area contributed by atoms with E-state index in [9.17, 15) is 9.59 Å². The molecule has 0 bridgehead atoms. The molecule has 0 aliphatic carbocycles. The summed E-state index contributed by atoms with van der Waals surface area (Å²) in [5.74, 6) is -0.414. The highest BCUT2D eigenvalue weighted by Gasteiger charge is 2.29. The number of carbonyl (C=O) groups is 2. The summed E-state index contributed by atoms with van der Waals surface area (Å²) in [5, 5.41) is 10.8. The van der Waals surface area contributed by atoms with Crippen molar-refractivity contribution in [3.8, 4) is 16.9 Å². The van der Waals surface area contributed by atoms with Crippen LogP contribution in [-0.2, 0) is 16.0 Å². The molecule has 4 aromatic rings. The lowest BCUT2D eigenvalue weighted by Crippen LogP contribution is -2.43. The smallest absolute Gasteiger partial charge is 0.328 e. The Labute approximate surface area is 198 Å². The highest BCUT2D eigenvalue weighted by Crippen LogP contribution is 2.31. The average Bonchev–Trinajstić information content (AvgIpc) is 3.29. The molecule has 4 rings (SSSR count). The number of esters is 1. The van der Waals surface area contributed by atoms with Crippen LogP contribution in [0.25, 0.3) is 16.9 Å². The molecule has 1 aromatic heterocycles. The molecule has 2 N–H and O–H groups in total. The first-order valence-electron chi connectivity index (χ1n) is 11.0. The van der Waals surface area contributed by atoms with Gasteiger partial charge in [0.15, 0.2) is 0 Å². The van der Waals surface area contributed by atoms with Gasteiger partial charge in [-0.3, -0.25) is 4.79 Å². The van der Waals surface area contributed by atoms with Gasteiger partial charge in [0.25, 0.3) is 5.91 Å². The van der Waals surface area contributed by atoms with E-state index < -0.39 is 17.9 Å². The summed E-state index contributed by atoms with van der Waals surface area (Å²) in [7, 11) is 3.05. The Morgan fingerprint density at radius 3 is 2.09 bits per heavy atom. The molecule has 7 nitrogen and oxygen atoms in total. The van der Waals surface area contributed by atoms with E-state index in [0.717, 1.165) is 16.8 Å². The summed E-state index contributed by atoms with van der Waals surface area (Å²) < 4.78 is 6.67. The van der Waals surface area contributed by atoms with E-state index in [1.807, 2.05) is 91.0 Å². The van der Waals surface area contributed by atoms with E-state index in [0.29, 0.717) is 23.5 Å². The van der Waals surface area contributed by atoms with Gasteiger partial charge in [0.1, 0.15) is 23.1 Å². The molecular weight excluding hydrogens is 428 g/mol. The van der Waals surface area contributed by atoms with Crippen molar-refractivity contribution in [1.82, 2.24) is 15.1 Å². The number of hydrogen-bond acceptors (Lipinski definition) is 5. The molecule has 1 unspecified atom stereocenters. The van der Waals surface area contributed by atoms with Crippen LogP contribution in [0, 0.1) is 0 Å². The van der Waals surface area contributed by atoms with Crippen LogP contribution in [0.15, 0.2) is 91.0 Å². The highest BCUT2D eigenvalue weighted by atomic mass is 16.5. The number of amides is 1. The van der Waals surface area contributed by atoms with Crippen LogP contribution in [0.3, 0.4) is 0 Å². The van der Waals surface area contributed by atoms with Crippen molar-refractivity contribution in [2.45, 2.75) is 12.5 Å². The standard InChI is InChI=1S/C27H26N4O3/c1-28-25-23(26(32)29-22(27(33)34-2)18-19-12-6-3-7-13-19)24(20-14-8-4-9-15-20)30-31(25)21-16-10-5-11-17-21/h3-17,22,28H,18H2,1-2H3,(H,29,32). The van der Waals surface area contributed by atoms with Crippen molar-refractivity contribution in [1.29, 1.82) is 0 Å². The fourth-order valence-electron chi connectivity index (χ4n) is 3.83. The fraction of sp³-hybridized carbons (Fsp3) is 0.148. The van der Waals surface area contributed by atoms with Crippen LogP contribution < -0.4 is 10.6 Å². The number of anilines is 1. The molecule has 0 saturated carbocycles. The molecular formula is C27H26N4O3. The molecule has 1 heterocycles. The third-order valence-electron chi connectivity index (χ3n) is 5.47. The van der Waals surface area contributed by atoms with Gasteiger partial charge in [0.05, 0.1) is 12.8 Å². The molecule has 0 aliphatic heterocycles. The van der Waals surface area contributed by atoms with Gasteiger partial charge < -0.3 is 15.4 Å². The predicted octanol–water partition coefficient (Wildman–Crippen LogP) is 4.10. The summed E-state index contributed by atoms with van der Waals surface area (Å²) >= 11 is 0. The molecule has 0 aliphatic rings. The molecule has 1 amide bonds. The van der Waals surface area contributed by atoms with E-state index in [-0.39, 0.29) is 0 Å². The second-order valence-electron chi connectivity index (χ2n) is 7.67. The first-order valence-corrected chi connectivity index (χ1v) is 11.0. The average molecular weight is 455 g/mol. The van der Waals surface area contributed by atoms with Crippen LogP contribution >= 0.6 is 0 Å². The summed E-state index contributed by atoms with van der Waals surface area (Å²) in [6.45, 7) is 0. The van der Waals surface area contributed by atoms with Gasteiger partial charge in [0.2, 0.25) is 0 Å². The van der Waals surface area contributed by atoms with E-state index >= 15 is 0 Å². The predicted molar refractivity (Wildman–Crippen MR) is 132 cm³/mol. The first-order chi connectivity index (χ1) is 16.6. The van der Waals surface area contributed by atoms with Gasteiger partial charge >= 0.3 is 5.97 Å². The summed E-state index contributed by atoms with van der Waals surface area (Å²) in [4.78, 5) is 26.2. The number of nitrogens with zero attached hydrogens (tertiary/aromatic N) is 2. The van der Waals surface area contributed by atoms with Gasteiger partial charge in [-0.1, -0.05) is 78.9 Å². The van der Waals surface area contributed by atoms with Crippen molar-refractivity contribution >= 4 is 17.7 Å². The molecule has 7 heteroatoms. The number of methoxy groups -OCH3 is 1. The van der Waals surface area contributed by atoms with Crippen LogP contribution in [0.5, 0.6) is 0 Å². The molecule has 3 aromatic carbocycles. The van der Waals surface area contributed by atoms with E-state index in [2.05, 4.69) is 10.6 Å². The Balaban J connectivity index is 1.77. The first kappa shape index (κ1) is 22.8. The molecule has 0 radical (unpaired) electrons. The van der Waals surface area contributed by atoms with Crippen molar-refractivity contribution in [3.05, 3.63) is 102 Å². The summed E-state index contributed by atoms with van der Waals surface area (Å²) in [6, 6.07) is 27.7. The zero-order chi connectivity index (χ0) is 23.9. The lowest BCUT2D eigenvalue weighted by molar-refractivity contribution is -0.142.